The van der Waals surface area contributed by atoms with Crippen LogP contribution >= 0.6 is 0 Å². The fraction of sp³-hybridized carbons (Fsp3) is 1.00. The zero-order valence-electron chi connectivity index (χ0n) is 8.67. The molecule has 0 aromatic rings. The monoisotopic (exact) mass is 226 g/mol. The topological polar surface area (TPSA) is 49.5 Å². The molecule has 1 aliphatic rings. The third kappa shape index (κ3) is 3.06. The molecule has 3 N–H and O–H groups in total. The molecular weight excluding hydrogens is 209 g/mol. The normalized spacial score (nSPS) is 28.0. The summed E-state index contributed by atoms with van der Waals surface area (Å²) in [5, 5.41) is 9.22. The van der Waals surface area contributed by atoms with Crippen LogP contribution < -0.4 is 5.73 Å². The number of alkyl halides is 3. The Hall–Kier alpha value is -0.330. The van der Waals surface area contributed by atoms with Crippen LogP contribution in [0.1, 0.15) is 19.8 Å². The molecule has 0 amide bonds. The minimum Gasteiger partial charge on any atom is -0.392 e. The highest BCUT2D eigenvalue weighted by molar-refractivity contribution is 4.91. The lowest BCUT2D eigenvalue weighted by molar-refractivity contribution is -0.187. The third-order valence-electron chi connectivity index (χ3n) is 2.80. The maximum absolute atomic E-state index is 12.7. The van der Waals surface area contributed by atoms with E-state index in [9.17, 15) is 18.3 Å². The minimum atomic E-state index is -4.32. The van der Waals surface area contributed by atoms with Gasteiger partial charge >= 0.3 is 6.18 Å². The molecule has 3 atom stereocenters. The van der Waals surface area contributed by atoms with Crippen molar-refractivity contribution >= 4 is 0 Å². The molecule has 1 heterocycles. The molecule has 0 saturated carbocycles. The Kier molecular flexibility index (Phi) is 3.97. The molecular formula is C9H17F3N2O. The summed E-state index contributed by atoms with van der Waals surface area (Å²) in [5.74, 6) is 0. The van der Waals surface area contributed by atoms with E-state index < -0.39 is 24.4 Å². The highest BCUT2D eigenvalue weighted by Gasteiger charge is 2.48. The van der Waals surface area contributed by atoms with E-state index in [0.717, 1.165) is 0 Å². The number of hydrogen-bond donors (Lipinski definition) is 2. The SMILES string of the molecule is CCC(N)C(N1CCC(O)C1)C(F)(F)F. The van der Waals surface area contributed by atoms with Crippen molar-refractivity contribution in [3.8, 4) is 0 Å². The molecule has 0 spiro atoms. The smallest absolute Gasteiger partial charge is 0.392 e. The lowest BCUT2D eigenvalue weighted by Gasteiger charge is -2.33. The maximum atomic E-state index is 12.7. The van der Waals surface area contributed by atoms with E-state index in [1.165, 1.54) is 4.90 Å². The highest BCUT2D eigenvalue weighted by Crippen LogP contribution is 2.30. The van der Waals surface area contributed by atoms with E-state index in [1.54, 1.807) is 6.92 Å². The molecule has 3 nitrogen and oxygen atoms in total. The fourth-order valence-corrected chi connectivity index (χ4v) is 1.96. The van der Waals surface area contributed by atoms with E-state index in [2.05, 4.69) is 0 Å². The Morgan fingerprint density at radius 2 is 2.13 bits per heavy atom. The Labute approximate surface area is 87.0 Å². The molecule has 90 valence electrons. The Balaban J connectivity index is 2.73. The van der Waals surface area contributed by atoms with Gasteiger partial charge in [0.1, 0.15) is 6.04 Å². The first-order chi connectivity index (χ1) is 6.86. The van der Waals surface area contributed by atoms with Crippen molar-refractivity contribution in [2.75, 3.05) is 13.1 Å². The third-order valence-corrected chi connectivity index (χ3v) is 2.80. The minimum absolute atomic E-state index is 0.0673. The number of β-amino-alcohol motifs (C(OH)–C–C–N with tert-alkyl or cyclic N) is 1. The van der Waals surface area contributed by atoms with Crippen LogP contribution in [0.4, 0.5) is 13.2 Å². The summed E-state index contributed by atoms with van der Waals surface area (Å²) in [4.78, 5) is 1.23. The predicted molar refractivity (Wildman–Crippen MR) is 50.3 cm³/mol. The van der Waals surface area contributed by atoms with Gasteiger partial charge in [0.2, 0.25) is 0 Å². The number of hydrogen-bond acceptors (Lipinski definition) is 3. The van der Waals surface area contributed by atoms with Crippen LogP contribution in [0.3, 0.4) is 0 Å². The molecule has 1 rings (SSSR count). The van der Waals surface area contributed by atoms with Crippen molar-refractivity contribution in [1.82, 2.24) is 4.90 Å². The molecule has 1 fully saturated rings. The van der Waals surface area contributed by atoms with Crippen LogP contribution in [0.5, 0.6) is 0 Å². The van der Waals surface area contributed by atoms with Crippen LogP contribution in [0.25, 0.3) is 0 Å². The Morgan fingerprint density at radius 3 is 2.47 bits per heavy atom. The van der Waals surface area contributed by atoms with Gasteiger partial charge in [-0.05, 0) is 12.8 Å². The first kappa shape index (κ1) is 12.7. The van der Waals surface area contributed by atoms with Crippen molar-refractivity contribution in [3.63, 3.8) is 0 Å². The van der Waals surface area contributed by atoms with Gasteiger partial charge in [0, 0.05) is 19.1 Å². The summed E-state index contributed by atoms with van der Waals surface area (Å²) in [6.45, 7) is 1.97. The number of nitrogens with two attached hydrogens (primary N) is 1. The average molecular weight is 226 g/mol. The molecule has 3 unspecified atom stereocenters. The number of nitrogens with zero attached hydrogens (tertiary/aromatic N) is 1. The number of halogens is 3. The van der Waals surface area contributed by atoms with E-state index in [0.29, 0.717) is 6.42 Å². The van der Waals surface area contributed by atoms with Gasteiger partial charge in [0.05, 0.1) is 6.10 Å². The molecule has 1 saturated heterocycles. The van der Waals surface area contributed by atoms with Gasteiger partial charge in [-0.15, -0.1) is 0 Å². The summed E-state index contributed by atoms with van der Waals surface area (Å²) >= 11 is 0. The largest absolute Gasteiger partial charge is 0.405 e. The van der Waals surface area contributed by atoms with Crippen molar-refractivity contribution in [3.05, 3.63) is 0 Å². The van der Waals surface area contributed by atoms with Crippen LogP contribution in [0.2, 0.25) is 0 Å². The van der Waals surface area contributed by atoms with Crippen LogP contribution in [-0.2, 0) is 0 Å². The van der Waals surface area contributed by atoms with Crippen molar-refractivity contribution < 1.29 is 18.3 Å². The lowest BCUT2D eigenvalue weighted by Crippen LogP contribution is -2.55. The molecule has 1 aliphatic heterocycles. The van der Waals surface area contributed by atoms with Crippen molar-refractivity contribution in [2.24, 2.45) is 5.73 Å². The van der Waals surface area contributed by atoms with Crippen LogP contribution in [0, 0.1) is 0 Å². The van der Waals surface area contributed by atoms with Crippen LogP contribution in [-0.4, -0.2) is 47.5 Å². The quantitative estimate of drug-likeness (QED) is 0.745. The highest BCUT2D eigenvalue weighted by atomic mass is 19.4. The van der Waals surface area contributed by atoms with Gasteiger partial charge in [0.25, 0.3) is 0 Å². The molecule has 0 aromatic carbocycles. The van der Waals surface area contributed by atoms with Gasteiger partial charge in [-0.2, -0.15) is 13.2 Å². The zero-order chi connectivity index (χ0) is 11.6. The molecule has 0 aliphatic carbocycles. The van der Waals surface area contributed by atoms with Gasteiger partial charge in [-0.1, -0.05) is 6.92 Å². The second-order valence-corrected chi connectivity index (χ2v) is 4.00. The predicted octanol–water partition coefficient (Wildman–Crippen LogP) is 0.721. The van der Waals surface area contributed by atoms with E-state index in [4.69, 9.17) is 5.73 Å². The first-order valence-corrected chi connectivity index (χ1v) is 5.10. The maximum Gasteiger partial charge on any atom is 0.405 e. The number of rotatable bonds is 3. The standard InChI is InChI=1S/C9H17F3N2O/c1-2-7(13)8(9(10,11)12)14-4-3-6(15)5-14/h6-8,15H,2-5,13H2,1H3. The second kappa shape index (κ2) is 4.67. The van der Waals surface area contributed by atoms with E-state index in [-0.39, 0.29) is 19.5 Å². The molecule has 0 bridgehead atoms. The second-order valence-electron chi connectivity index (χ2n) is 4.00. The number of likely N-dealkylation sites (tertiary alicyclic amines) is 1. The van der Waals surface area contributed by atoms with E-state index in [1.807, 2.05) is 0 Å². The fourth-order valence-electron chi connectivity index (χ4n) is 1.96. The lowest BCUT2D eigenvalue weighted by atomic mass is 10.1. The van der Waals surface area contributed by atoms with Gasteiger partial charge < -0.3 is 10.8 Å². The number of aliphatic hydroxyl groups is 1. The van der Waals surface area contributed by atoms with Gasteiger partial charge in [-0.25, -0.2) is 0 Å². The van der Waals surface area contributed by atoms with Crippen LogP contribution in [0.15, 0.2) is 0 Å². The Bertz CT molecular complexity index is 210. The molecule has 15 heavy (non-hydrogen) atoms. The number of aliphatic hydroxyl groups excluding tert-OH is 1. The first-order valence-electron chi connectivity index (χ1n) is 5.10. The van der Waals surface area contributed by atoms with E-state index >= 15 is 0 Å². The van der Waals surface area contributed by atoms with Crippen molar-refractivity contribution in [2.45, 2.75) is 44.1 Å². The summed E-state index contributed by atoms with van der Waals surface area (Å²) < 4.78 is 38.2. The Morgan fingerprint density at radius 1 is 1.53 bits per heavy atom. The van der Waals surface area contributed by atoms with Gasteiger partial charge in [0.15, 0.2) is 0 Å². The molecule has 6 heteroatoms. The summed E-state index contributed by atoms with van der Waals surface area (Å²) in [6, 6.07) is -2.55. The van der Waals surface area contributed by atoms with Crippen molar-refractivity contribution in [1.29, 1.82) is 0 Å². The summed E-state index contributed by atoms with van der Waals surface area (Å²) in [7, 11) is 0. The summed E-state index contributed by atoms with van der Waals surface area (Å²) in [5.41, 5.74) is 5.49. The van der Waals surface area contributed by atoms with Gasteiger partial charge in [-0.3, -0.25) is 4.90 Å². The molecule has 0 aromatic heterocycles. The zero-order valence-corrected chi connectivity index (χ0v) is 8.67. The average Bonchev–Trinajstić information content (AvgIpc) is 2.49. The summed E-state index contributed by atoms with van der Waals surface area (Å²) in [6.07, 6.45) is -4.31. The molecule has 0 radical (unpaired) electrons.